The SMILES string of the molecule is C[C@@H](CN1CCCCc2ccc(NC(=O)OC(C)(C)C)cc2C1)NC(=O)/C=N\O. The van der Waals surface area contributed by atoms with Crippen molar-refractivity contribution in [1.82, 2.24) is 10.2 Å². The van der Waals surface area contributed by atoms with Crippen LogP contribution in [0.25, 0.3) is 0 Å². The lowest BCUT2D eigenvalue weighted by atomic mass is 9.98. The molecule has 29 heavy (non-hydrogen) atoms. The van der Waals surface area contributed by atoms with Crippen molar-refractivity contribution in [2.45, 2.75) is 65.1 Å². The van der Waals surface area contributed by atoms with Crippen molar-refractivity contribution in [2.75, 3.05) is 18.4 Å². The number of benzene rings is 1. The summed E-state index contributed by atoms with van der Waals surface area (Å²) >= 11 is 0. The van der Waals surface area contributed by atoms with Crippen molar-refractivity contribution >= 4 is 23.9 Å². The minimum atomic E-state index is -0.550. The summed E-state index contributed by atoms with van der Waals surface area (Å²) in [5.41, 5.74) is 2.59. The number of nitrogens with one attached hydrogen (secondary N) is 2. The van der Waals surface area contributed by atoms with Crippen LogP contribution in [0.1, 0.15) is 51.7 Å². The third-order valence-electron chi connectivity index (χ3n) is 4.51. The number of oxime groups is 1. The van der Waals surface area contributed by atoms with Gasteiger partial charge in [-0.3, -0.25) is 15.0 Å². The highest BCUT2D eigenvalue weighted by Crippen LogP contribution is 2.23. The molecular formula is C21H32N4O4. The van der Waals surface area contributed by atoms with Crippen LogP contribution in [-0.2, 0) is 22.5 Å². The maximum absolute atomic E-state index is 12.1. The molecule has 0 aromatic heterocycles. The van der Waals surface area contributed by atoms with Crippen LogP contribution in [0.3, 0.4) is 0 Å². The fourth-order valence-corrected chi connectivity index (χ4v) is 3.41. The summed E-state index contributed by atoms with van der Waals surface area (Å²) in [5, 5.41) is 16.8. The van der Waals surface area contributed by atoms with E-state index in [2.05, 4.69) is 26.8 Å². The highest BCUT2D eigenvalue weighted by molar-refractivity contribution is 6.26. The van der Waals surface area contributed by atoms with Gasteiger partial charge in [0.2, 0.25) is 0 Å². The molecule has 8 heteroatoms. The van der Waals surface area contributed by atoms with Crippen molar-refractivity contribution in [1.29, 1.82) is 0 Å². The lowest BCUT2D eigenvalue weighted by molar-refractivity contribution is -0.115. The molecule has 0 radical (unpaired) electrons. The van der Waals surface area contributed by atoms with E-state index < -0.39 is 17.6 Å². The average Bonchev–Trinajstić information content (AvgIpc) is 2.56. The number of ether oxygens (including phenoxy) is 1. The average molecular weight is 405 g/mol. The fourth-order valence-electron chi connectivity index (χ4n) is 3.41. The Morgan fingerprint density at radius 1 is 1.31 bits per heavy atom. The minimum Gasteiger partial charge on any atom is -0.444 e. The van der Waals surface area contributed by atoms with Crippen LogP contribution in [0.4, 0.5) is 10.5 Å². The number of fused-ring (bicyclic) bond motifs is 1. The monoisotopic (exact) mass is 404 g/mol. The third-order valence-corrected chi connectivity index (χ3v) is 4.51. The van der Waals surface area contributed by atoms with Crippen LogP contribution < -0.4 is 10.6 Å². The van der Waals surface area contributed by atoms with Crippen LogP contribution in [0.5, 0.6) is 0 Å². The first-order chi connectivity index (χ1) is 13.7. The van der Waals surface area contributed by atoms with E-state index in [0.29, 0.717) is 12.2 Å². The summed E-state index contributed by atoms with van der Waals surface area (Å²) < 4.78 is 5.33. The molecule has 0 saturated carbocycles. The zero-order chi connectivity index (χ0) is 21.4. The quantitative estimate of drug-likeness (QED) is 0.397. The van der Waals surface area contributed by atoms with Crippen molar-refractivity contribution in [3.8, 4) is 0 Å². The van der Waals surface area contributed by atoms with Gasteiger partial charge in [0.05, 0.1) is 0 Å². The van der Waals surface area contributed by atoms with Gasteiger partial charge in [0.25, 0.3) is 5.91 Å². The van der Waals surface area contributed by atoms with Gasteiger partial charge in [-0.05, 0) is 76.8 Å². The highest BCUT2D eigenvalue weighted by Gasteiger charge is 2.19. The van der Waals surface area contributed by atoms with Gasteiger partial charge in [0, 0.05) is 24.8 Å². The molecule has 1 heterocycles. The Hall–Kier alpha value is -2.61. The van der Waals surface area contributed by atoms with Gasteiger partial charge in [0.1, 0.15) is 11.8 Å². The maximum atomic E-state index is 12.1. The van der Waals surface area contributed by atoms with Gasteiger partial charge in [-0.1, -0.05) is 11.2 Å². The number of carbonyl (C=O) groups excluding carboxylic acids is 2. The van der Waals surface area contributed by atoms with Crippen molar-refractivity contribution in [2.24, 2.45) is 5.16 Å². The Labute approximate surface area is 172 Å². The molecule has 0 fully saturated rings. The molecular weight excluding hydrogens is 372 g/mol. The van der Waals surface area contributed by atoms with Gasteiger partial charge in [-0.15, -0.1) is 0 Å². The Bertz CT molecular complexity index is 743. The molecule has 1 aliphatic rings. The molecule has 8 nitrogen and oxygen atoms in total. The second kappa shape index (κ2) is 10.2. The van der Waals surface area contributed by atoms with Crippen LogP contribution in [0.2, 0.25) is 0 Å². The van der Waals surface area contributed by atoms with Gasteiger partial charge in [-0.25, -0.2) is 4.79 Å². The van der Waals surface area contributed by atoms with E-state index in [1.807, 2.05) is 39.8 Å². The molecule has 2 amide bonds. The molecule has 0 unspecified atom stereocenters. The summed E-state index contributed by atoms with van der Waals surface area (Å²) in [6.45, 7) is 9.74. The van der Waals surface area contributed by atoms with E-state index in [4.69, 9.17) is 9.94 Å². The third kappa shape index (κ3) is 8.11. The first-order valence-corrected chi connectivity index (χ1v) is 9.98. The smallest absolute Gasteiger partial charge is 0.412 e. The predicted molar refractivity (Wildman–Crippen MR) is 112 cm³/mol. The molecule has 0 bridgehead atoms. The van der Waals surface area contributed by atoms with Crippen LogP contribution in [0.15, 0.2) is 23.4 Å². The summed E-state index contributed by atoms with van der Waals surface area (Å²) in [5.74, 6) is -0.420. The number of nitrogens with zero attached hydrogens (tertiary/aromatic N) is 2. The Morgan fingerprint density at radius 3 is 2.76 bits per heavy atom. The number of hydrogen-bond acceptors (Lipinski definition) is 6. The Kier molecular flexibility index (Phi) is 8.01. The lowest BCUT2D eigenvalue weighted by Crippen LogP contribution is -2.42. The molecule has 0 aliphatic carbocycles. The van der Waals surface area contributed by atoms with Crippen molar-refractivity contribution in [3.63, 3.8) is 0 Å². The highest BCUT2D eigenvalue weighted by atomic mass is 16.6. The molecule has 1 aliphatic heterocycles. The first-order valence-electron chi connectivity index (χ1n) is 9.98. The molecule has 1 atom stereocenters. The summed E-state index contributed by atoms with van der Waals surface area (Å²) in [6, 6.07) is 5.88. The van der Waals surface area contributed by atoms with Crippen LogP contribution in [0, 0.1) is 0 Å². The molecule has 2 rings (SSSR count). The zero-order valence-corrected chi connectivity index (χ0v) is 17.7. The fraction of sp³-hybridized carbons (Fsp3) is 0.571. The number of carbonyl (C=O) groups is 2. The summed E-state index contributed by atoms with van der Waals surface area (Å²) in [7, 11) is 0. The number of aryl methyl sites for hydroxylation is 1. The van der Waals surface area contributed by atoms with Crippen molar-refractivity contribution < 1.29 is 19.5 Å². The van der Waals surface area contributed by atoms with E-state index in [1.54, 1.807) is 0 Å². The van der Waals surface area contributed by atoms with Gasteiger partial charge < -0.3 is 15.3 Å². The molecule has 160 valence electrons. The predicted octanol–water partition coefficient (Wildman–Crippen LogP) is 3.14. The van der Waals surface area contributed by atoms with E-state index in [1.165, 1.54) is 5.56 Å². The van der Waals surface area contributed by atoms with Gasteiger partial charge in [-0.2, -0.15) is 0 Å². The lowest BCUT2D eigenvalue weighted by Gasteiger charge is -2.29. The molecule has 1 aromatic carbocycles. The van der Waals surface area contributed by atoms with Gasteiger partial charge >= 0.3 is 6.09 Å². The number of anilines is 1. The normalized spacial score (nSPS) is 16.4. The largest absolute Gasteiger partial charge is 0.444 e. The van der Waals surface area contributed by atoms with Crippen LogP contribution >= 0.6 is 0 Å². The first kappa shape index (κ1) is 22.7. The molecule has 0 spiro atoms. The number of rotatable bonds is 5. The van der Waals surface area contributed by atoms with Gasteiger partial charge in [0.15, 0.2) is 0 Å². The van der Waals surface area contributed by atoms with E-state index in [0.717, 1.165) is 44.1 Å². The second-order valence-electron chi connectivity index (χ2n) is 8.46. The van der Waals surface area contributed by atoms with E-state index in [9.17, 15) is 9.59 Å². The van der Waals surface area contributed by atoms with Crippen molar-refractivity contribution in [3.05, 3.63) is 29.3 Å². The van der Waals surface area contributed by atoms with E-state index >= 15 is 0 Å². The maximum Gasteiger partial charge on any atom is 0.412 e. The molecule has 3 N–H and O–H groups in total. The van der Waals surface area contributed by atoms with E-state index in [-0.39, 0.29) is 6.04 Å². The zero-order valence-electron chi connectivity index (χ0n) is 17.7. The summed E-state index contributed by atoms with van der Waals surface area (Å²) in [4.78, 5) is 25.9. The topological polar surface area (TPSA) is 103 Å². The van der Waals surface area contributed by atoms with Crippen LogP contribution in [-0.4, -0.2) is 53.1 Å². The number of hydrogen-bond donors (Lipinski definition) is 3. The second-order valence-corrected chi connectivity index (χ2v) is 8.46. The Balaban J connectivity index is 2.06. The Morgan fingerprint density at radius 2 is 2.07 bits per heavy atom. The summed E-state index contributed by atoms with van der Waals surface area (Å²) in [6.07, 6.45) is 3.56. The molecule has 1 aromatic rings. The minimum absolute atomic E-state index is 0.0913. The number of amides is 2. The molecule has 0 saturated heterocycles. The standard InChI is InChI=1S/C21H32N4O4/c1-15(23-19(26)12-22-28)13-25-10-6-5-7-16-8-9-18(11-17(16)14-25)24-20(27)29-21(2,3)4/h8-9,11-12,15,28H,5-7,10,13-14H2,1-4H3,(H,23,26)(H,24,27)/b22-12-/t15-/m0/s1.